The van der Waals surface area contributed by atoms with E-state index in [9.17, 15) is 18.0 Å². The highest BCUT2D eigenvalue weighted by atomic mass is 32.2. The molecule has 34 heavy (non-hydrogen) atoms. The smallest absolute Gasteiger partial charge is 0.243 e. The molecule has 0 fully saturated rings. The molecule has 8 nitrogen and oxygen atoms in total. The van der Waals surface area contributed by atoms with E-state index in [4.69, 9.17) is 4.42 Å². The lowest BCUT2D eigenvalue weighted by atomic mass is 10.00. The van der Waals surface area contributed by atoms with Gasteiger partial charge in [0.2, 0.25) is 21.8 Å². The third-order valence-electron chi connectivity index (χ3n) is 5.21. The third kappa shape index (κ3) is 6.33. The van der Waals surface area contributed by atoms with Gasteiger partial charge in [-0.05, 0) is 54.8 Å². The van der Waals surface area contributed by atoms with Crippen molar-refractivity contribution in [2.45, 2.75) is 38.3 Å². The average molecular weight is 484 g/mol. The Bertz CT molecular complexity index is 1210. The zero-order valence-electron chi connectivity index (χ0n) is 19.4. The van der Waals surface area contributed by atoms with Crippen LogP contribution in [0.2, 0.25) is 0 Å². The van der Waals surface area contributed by atoms with Gasteiger partial charge in [-0.25, -0.2) is 13.1 Å². The van der Waals surface area contributed by atoms with E-state index in [1.165, 1.54) is 23.3 Å². The monoisotopic (exact) mass is 483 g/mol. The van der Waals surface area contributed by atoms with Gasteiger partial charge in [0.25, 0.3) is 0 Å². The number of carbonyl (C=O) groups is 2. The number of amides is 2. The van der Waals surface area contributed by atoms with Crippen LogP contribution in [0.25, 0.3) is 0 Å². The second kappa shape index (κ2) is 11.1. The fraction of sp³-hybridized carbons (Fsp3) is 0.280. The number of sulfonamides is 1. The summed E-state index contributed by atoms with van der Waals surface area (Å²) in [4.78, 5) is 28.1. The molecule has 9 heteroatoms. The summed E-state index contributed by atoms with van der Waals surface area (Å²) >= 11 is 0. The average Bonchev–Trinajstić information content (AvgIpc) is 3.33. The minimum Gasteiger partial charge on any atom is -0.467 e. The molecule has 0 aliphatic heterocycles. The zero-order chi connectivity index (χ0) is 24.7. The van der Waals surface area contributed by atoms with Gasteiger partial charge in [-0.15, -0.1) is 0 Å². The van der Waals surface area contributed by atoms with Crippen LogP contribution < -0.4 is 14.9 Å². The first kappa shape index (κ1) is 25.2. The molecule has 0 saturated heterocycles. The Morgan fingerprint density at radius 3 is 2.35 bits per heavy atom. The van der Waals surface area contributed by atoms with Crippen molar-refractivity contribution in [2.24, 2.45) is 5.92 Å². The van der Waals surface area contributed by atoms with Crippen LogP contribution in [0, 0.1) is 12.8 Å². The number of benzene rings is 2. The first-order chi connectivity index (χ1) is 16.2. The molecule has 0 bridgehead atoms. The molecule has 0 radical (unpaired) electrons. The number of aryl methyl sites for hydroxylation is 1. The molecule has 2 aromatic carbocycles. The standard InChI is InChI=1S/C25H29N3O5S/c1-18(2)24(25(30)26-16-21-11-8-14-33-21)28(20-10-7-9-19(3)15-20)23(29)17-27-34(31,32)22-12-5-4-6-13-22/h4-15,18,24,27H,16-17H2,1-3H3,(H,26,30). The Balaban J connectivity index is 1.87. The largest absolute Gasteiger partial charge is 0.467 e. The van der Waals surface area contributed by atoms with Crippen molar-refractivity contribution >= 4 is 27.5 Å². The zero-order valence-corrected chi connectivity index (χ0v) is 20.2. The van der Waals surface area contributed by atoms with Gasteiger partial charge in [-0.1, -0.05) is 44.2 Å². The molecule has 0 aliphatic rings. The summed E-state index contributed by atoms with van der Waals surface area (Å²) in [6.45, 7) is 5.22. The van der Waals surface area contributed by atoms with Crippen LogP contribution in [-0.2, 0) is 26.2 Å². The molecule has 1 aromatic heterocycles. The van der Waals surface area contributed by atoms with Crippen molar-refractivity contribution in [2.75, 3.05) is 11.4 Å². The van der Waals surface area contributed by atoms with Gasteiger partial charge in [-0.3, -0.25) is 14.5 Å². The van der Waals surface area contributed by atoms with Gasteiger partial charge >= 0.3 is 0 Å². The quantitative estimate of drug-likeness (QED) is 0.460. The molecular weight excluding hydrogens is 454 g/mol. The van der Waals surface area contributed by atoms with Gasteiger partial charge < -0.3 is 9.73 Å². The summed E-state index contributed by atoms with van der Waals surface area (Å²) in [5.74, 6) is -0.587. The van der Waals surface area contributed by atoms with Crippen molar-refractivity contribution in [1.29, 1.82) is 0 Å². The Morgan fingerprint density at radius 2 is 1.74 bits per heavy atom. The molecule has 2 N–H and O–H groups in total. The number of hydrogen-bond acceptors (Lipinski definition) is 5. The maximum Gasteiger partial charge on any atom is 0.243 e. The Morgan fingerprint density at radius 1 is 1.00 bits per heavy atom. The molecule has 0 spiro atoms. The lowest BCUT2D eigenvalue weighted by molar-refractivity contribution is -0.127. The first-order valence-corrected chi connectivity index (χ1v) is 12.4. The van der Waals surface area contributed by atoms with E-state index in [1.807, 2.05) is 26.8 Å². The maximum atomic E-state index is 13.4. The van der Waals surface area contributed by atoms with Crippen LogP contribution in [0.4, 0.5) is 5.69 Å². The minimum absolute atomic E-state index is 0.0570. The van der Waals surface area contributed by atoms with Gasteiger partial charge in [0.15, 0.2) is 0 Å². The summed E-state index contributed by atoms with van der Waals surface area (Å²) in [5, 5.41) is 2.82. The minimum atomic E-state index is -3.90. The lowest BCUT2D eigenvalue weighted by Crippen LogP contribution is -2.54. The van der Waals surface area contributed by atoms with Gasteiger partial charge in [0.1, 0.15) is 11.8 Å². The van der Waals surface area contributed by atoms with Crippen molar-refractivity contribution in [3.8, 4) is 0 Å². The normalized spacial score (nSPS) is 12.4. The SMILES string of the molecule is Cc1cccc(N(C(=O)CNS(=O)(=O)c2ccccc2)C(C(=O)NCc2ccco2)C(C)C)c1. The van der Waals surface area contributed by atoms with Crippen molar-refractivity contribution in [3.05, 3.63) is 84.3 Å². The van der Waals surface area contributed by atoms with E-state index in [2.05, 4.69) is 10.0 Å². The number of hydrogen-bond donors (Lipinski definition) is 2. The highest BCUT2D eigenvalue weighted by Gasteiger charge is 2.34. The number of anilines is 1. The Labute approximate surface area is 200 Å². The van der Waals surface area contributed by atoms with Crippen molar-refractivity contribution in [1.82, 2.24) is 10.0 Å². The number of carbonyl (C=O) groups excluding carboxylic acids is 2. The number of rotatable bonds is 10. The van der Waals surface area contributed by atoms with Crippen molar-refractivity contribution in [3.63, 3.8) is 0 Å². The molecular formula is C25H29N3O5S. The fourth-order valence-corrected chi connectivity index (χ4v) is 4.57. The molecule has 2 amide bonds. The second-order valence-electron chi connectivity index (χ2n) is 8.23. The molecule has 0 aliphatic carbocycles. The first-order valence-electron chi connectivity index (χ1n) is 10.9. The maximum absolute atomic E-state index is 13.4. The molecule has 1 atom stereocenters. The molecule has 1 heterocycles. The van der Waals surface area contributed by atoms with Crippen LogP contribution in [-0.4, -0.2) is 32.8 Å². The van der Waals surface area contributed by atoms with Crippen LogP contribution in [0.3, 0.4) is 0 Å². The van der Waals surface area contributed by atoms with E-state index in [1.54, 1.807) is 48.5 Å². The van der Waals surface area contributed by atoms with Gasteiger partial charge in [0, 0.05) is 5.69 Å². The summed E-state index contributed by atoms with van der Waals surface area (Å²) < 4.78 is 32.9. The number of nitrogens with one attached hydrogen (secondary N) is 2. The highest BCUT2D eigenvalue weighted by molar-refractivity contribution is 7.89. The fourth-order valence-electron chi connectivity index (χ4n) is 3.57. The molecule has 0 saturated carbocycles. The summed E-state index contributed by atoms with van der Waals surface area (Å²) in [6, 6.07) is 17.6. The third-order valence-corrected chi connectivity index (χ3v) is 6.63. The lowest BCUT2D eigenvalue weighted by Gasteiger charge is -2.34. The Hall–Kier alpha value is -3.43. The van der Waals surface area contributed by atoms with Crippen molar-refractivity contribution < 1.29 is 22.4 Å². The van der Waals surface area contributed by atoms with E-state index in [0.717, 1.165) is 5.56 Å². The number of furan rings is 1. The van der Waals surface area contributed by atoms with Gasteiger partial charge in [0.05, 0.1) is 24.2 Å². The van der Waals surface area contributed by atoms with Crippen LogP contribution in [0.5, 0.6) is 0 Å². The summed E-state index contributed by atoms with van der Waals surface area (Å²) in [6.07, 6.45) is 1.52. The van der Waals surface area contributed by atoms with Crippen LogP contribution >= 0.6 is 0 Å². The van der Waals surface area contributed by atoms with E-state index >= 15 is 0 Å². The predicted molar refractivity (Wildman–Crippen MR) is 129 cm³/mol. The van der Waals surface area contributed by atoms with Crippen LogP contribution in [0.1, 0.15) is 25.2 Å². The van der Waals surface area contributed by atoms with E-state index in [0.29, 0.717) is 11.4 Å². The van der Waals surface area contributed by atoms with E-state index in [-0.39, 0.29) is 23.3 Å². The summed E-state index contributed by atoms with van der Waals surface area (Å²) in [7, 11) is -3.90. The predicted octanol–water partition coefficient (Wildman–Crippen LogP) is 3.24. The molecule has 180 valence electrons. The summed E-state index contributed by atoms with van der Waals surface area (Å²) in [5.41, 5.74) is 1.41. The van der Waals surface area contributed by atoms with Crippen LogP contribution in [0.15, 0.2) is 82.3 Å². The highest BCUT2D eigenvalue weighted by Crippen LogP contribution is 2.23. The second-order valence-corrected chi connectivity index (χ2v) is 9.99. The molecule has 1 unspecified atom stereocenters. The van der Waals surface area contributed by atoms with Gasteiger partial charge in [-0.2, -0.15) is 0 Å². The Kier molecular flexibility index (Phi) is 8.25. The van der Waals surface area contributed by atoms with E-state index < -0.39 is 28.5 Å². The number of nitrogens with zero attached hydrogens (tertiary/aromatic N) is 1. The molecule has 3 rings (SSSR count). The molecule has 3 aromatic rings. The topological polar surface area (TPSA) is 109 Å².